The van der Waals surface area contributed by atoms with Crippen molar-refractivity contribution >= 4 is 11.6 Å². The van der Waals surface area contributed by atoms with Crippen LogP contribution in [0.2, 0.25) is 0 Å². The molecule has 3 rings (SSSR count). The van der Waals surface area contributed by atoms with Gasteiger partial charge in [-0.1, -0.05) is 18.2 Å². The number of aromatic nitrogens is 2. The molecule has 3 aromatic rings. The van der Waals surface area contributed by atoms with Gasteiger partial charge in [-0.3, -0.25) is 9.48 Å². The van der Waals surface area contributed by atoms with Crippen molar-refractivity contribution in [3.63, 3.8) is 0 Å². The fourth-order valence-corrected chi connectivity index (χ4v) is 2.22. The van der Waals surface area contributed by atoms with Crippen LogP contribution >= 0.6 is 0 Å². The quantitative estimate of drug-likeness (QED) is 0.802. The van der Waals surface area contributed by atoms with Crippen LogP contribution in [-0.2, 0) is 6.54 Å². The van der Waals surface area contributed by atoms with E-state index in [0.29, 0.717) is 22.4 Å². The van der Waals surface area contributed by atoms with E-state index in [1.54, 1.807) is 53.3 Å². The van der Waals surface area contributed by atoms with Crippen molar-refractivity contribution in [2.45, 2.75) is 6.54 Å². The minimum absolute atomic E-state index is 0.277. The van der Waals surface area contributed by atoms with Gasteiger partial charge in [0, 0.05) is 17.3 Å². The van der Waals surface area contributed by atoms with Crippen LogP contribution in [0.5, 0.6) is 0 Å². The minimum Gasteiger partial charge on any atom is -0.319 e. The molecule has 0 saturated carbocycles. The molecule has 118 valence electrons. The standard InChI is InChI=1S/C18H13FN4O/c19-17-4-2-1-3-15(17)11-23-12-16(10-21-23)22-18(24)14-7-5-13(9-20)6-8-14/h1-8,10,12H,11H2,(H,22,24). The van der Waals surface area contributed by atoms with E-state index in [4.69, 9.17) is 5.26 Å². The Bertz CT molecular complexity index is 909. The molecule has 1 N–H and O–H groups in total. The molecule has 2 aromatic carbocycles. The Morgan fingerprint density at radius 2 is 1.96 bits per heavy atom. The molecule has 0 bridgehead atoms. The minimum atomic E-state index is -0.301. The number of nitrogens with one attached hydrogen (secondary N) is 1. The number of amides is 1. The van der Waals surface area contributed by atoms with Gasteiger partial charge in [-0.2, -0.15) is 10.4 Å². The Morgan fingerprint density at radius 3 is 2.67 bits per heavy atom. The topological polar surface area (TPSA) is 70.7 Å². The SMILES string of the molecule is N#Cc1ccc(C(=O)Nc2cnn(Cc3ccccc3F)c2)cc1. The Labute approximate surface area is 138 Å². The molecule has 6 heteroatoms. The summed E-state index contributed by atoms with van der Waals surface area (Å²) < 4.78 is 15.2. The number of anilines is 1. The molecule has 5 nitrogen and oxygen atoms in total. The molecule has 0 fully saturated rings. The van der Waals surface area contributed by atoms with Crippen molar-refractivity contribution < 1.29 is 9.18 Å². The van der Waals surface area contributed by atoms with Crippen LogP contribution in [-0.4, -0.2) is 15.7 Å². The number of nitrogens with zero attached hydrogens (tertiary/aromatic N) is 3. The zero-order valence-corrected chi connectivity index (χ0v) is 12.6. The van der Waals surface area contributed by atoms with Gasteiger partial charge in [0.1, 0.15) is 5.82 Å². The fraction of sp³-hybridized carbons (Fsp3) is 0.0556. The summed E-state index contributed by atoms with van der Waals surface area (Å²) in [5.74, 6) is -0.596. The molecular formula is C18H13FN4O. The average molecular weight is 320 g/mol. The van der Waals surface area contributed by atoms with Gasteiger partial charge in [0.25, 0.3) is 5.91 Å². The maximum Gasteiger partial charge on any atom is 0.255 e. The molecule has 0 aliphatic heterocycles. The van der Waals surface area contributed by atoms with Crippen LogP contribution in [0, 0.1) is 17.1 Å². The van der Waals surface area contributed by atoms with E-state index in [0.717, 1.165) is 0 Å². The number of halogens is 1. The Hall–Kier alpha value is -3.46. The summed E-state index contributed by atoms with van der Waals surface area (Å²) in [6.45, 7) is 0.277. The predicted octanol–water partition coefficient (Wildman–Crippen LogP) is 3.19. The van der Waals surface area contributed by atoms with Gasteiger partial charge in [-0.15, -0.1) is 0 Å². The summed E-state index contributed by atoms with van der Waals surface area (Å²) in [6.07, 6.45) is 3.14. The van der Waals surface area contributed by atoms with Gasteiger partial charge >= 0.3 is 0 Å². The summed E-state index contributed by atoms with van der Waals surface area (Å²) in [5, 5.41) is 15.6. The Morgan fingerprint density at radius 1 is 1.21 bits per heavy atom. The highest BCUT2D eigenvalue weighted by Gasteiger charge is 2.08. The molecule has 24 heavy (non-hydrogen) atoms. The molecule has 1 heterocycles. The molecule has 0 radical (unpaired) electrons. The number of nitriles is 1. The van der Waals surface area contributed by atoms with E-state index in [-0.39, 0.29) is 18.3 Å². The Balaban J connectivity index is 1.68. The summed E-state index contributed by atoms with van der Waals surface area (Å²) in [7, 11) is 0. The van der Waals surface area contributed by atoms with Crippen molar-refractivity contribution in [2.24, 2.45) is 0 Å². The molecule has 0 spiro atoms. The fourth-order valence-electron chi connectivity index (χ4n) is 2.22. The van der Waals surface area contributed by atoms with Crippen molar-refractivity contribution in [1.82, 2.24) is 9.78 Å². The summed E-state index contributed by atoms with van der Waals surface area (Å²) in [6, 6.07) is 14.8. The van der Waals surface area contributed by atoms with E-state index in [1.165, 1.54) is 12.3 Å². The summed E-state index contributed by atoms with van der Waals surface area (Å²) in [4.78, 5) is 12.1. The highest BCUT2D eigenvalue weighted by molar-refractivity contribution is 6.04. The first-order valence-corrected chi connectivity index (χ1v) is 7.23. The highest BCUT2D eigenvalue weighted by atomic mass is 19.1. The summed E-state index contributed by atoms with van der Waals surface area (Å²) >= 11 is 0. The maximum absolute atomic E-state index is 13.6. The van der Waals surface area contributed by atoms with Gasteiger partial charge in [0.05, 0.1) is 30.1 Å². The van der Waals surface area contributed by atoms with Crippen molar-refractivity contribution in [3.8, 4) is 6.07 Å². The number of hydrogen-bond acceptors (Lipinski definition) is 3. The zero-order valence-electron chi connectivity index (χ0n) is 12.6. The lowest BCUT2D eigenvalue weighted by Crippen LogP contribution is -2.11. The number of benzene rings is 2. The maximum atomic E-state index is 13.6. The Kier molecular flexibility index (Phi) is 4.34. The van der Waals surface area contributed by atoms with E-state index in [9.17, 15) is 9.18 Å². The molecule has 0 saturated heterocycles. The third-order valence-corrected chi connectivity index (χ3v) is 3.46. The van der Waals surface area contributed by atoms with Crippen molar-refractivity contribution in [3.05, 3.63) is 83.4 Å². The second-order valence-corrected chi connectivity index (χ2v) is 5.16. The third kappa shape index (κ3) is 3.47. The molecule has 1 aromatic heterocycles. The second kappa shape index (κ2) is 6.75. The van der Waals surface area contributed by atoms with E-state index >= 15 is 0 Å². The molecule has 0 aliphatic rings. The van der Waals surface area contributed by atoms with Gasteiger partial charge < -0.3 is 5.32 Å². The number of rotatable bonds is 4. The van der Waals surface area contributed by atoms with Gasteiger partial charge in [0.15, 0.2) is 0 Å². The first-order chi connectivity index (χ1) is 11.7. The van der Waals surface area contributed by atoms with E-state index < -0.39 is 0 Å². The lowest BCUT2D eigenvalue weighted by Gasteiger charge is -2.04. The summed E-state index contributed by atoms with van der Waals surface area (Å²) in [5.41, 5.74) is 1.96. The lowest BCUT2D eigenvalue weighted by molar-refractivity contribution is 0.102. The largest absolute Gasteiger partial charge is 0.319 e. The molecule has 0 aliphatic carbocycles. The predicted molar refractivity (Wildman–Crippen MR) is 86.8 cm³/mol. The van der Waals surface area contributed by atoms with E-state index in [1.807, 2.05) is 6.07 Å². The lowest BCUT2D eigenvalue weighted by atomic mass is 10.1. The van der Waals surface area contributed by atoms with Crippen LogP contribution in [0.3, 0.4) is 0 Å². The van der Waals surface area contributed by atoms with Gasteiger partial charge in [0.2, 0.25) is 0 Å². The normalized spacial score (nSPS) is 10.2. The first kappa shape index (κ1) is 15.4. The van der Waals surface area contributed by atoms with Crippen LogP contribution < -0.4 is 5.32 Å². The highest BCUT2D eigenvalue weighted by Crippen LogP contribution is 2.12. The smallest absolute Gasteiger partial charge is 0.255 e. The molecule has 0 atom stereocenters. The van der Waals surface area contributed by atoms with Crippen molar-refractivity contribution in [1.29, 1.82) is 5.26 Å². The molecule has 1 amide bonds. The van der Waals surface area contributed by atoms with Crippen LogP contribution in [0.1, 0.15) is 21.5 Å². The number of carbonyl (C=O) groups is 1. The second-order valence-electron chi connectivity index (χ2n) is 5.16. The van der Waals surface area contributed by atoms with Gasteiger partial charge in [-0.05, 0) is 30.3 Å². The van der Waals surface area contributed by atoms with Crippen molar-refractivity contribution in [2.75, 3.05) is 5.32 Å². The zero-order chi connectivity index (χ0) is 16.9. The first-order valence-electron chi connectivity index (χ1n) is 7.23. The number of hydrogen-bond donors (Lipinski definition) is 1. The monoisotopic (exact) mass is 320 g/mol. The number of carbonyl (C=O) groups excluding carboxylic acids is 1. The van der Waals surface area contributed by atoms with Gasteiger partial charge in [-0.25, -0.2) is 4.39 Å². The van der Waals surface area contributed by atoms with E-state index in [2.05, 4.69) is 10.4 Å². The van der Waals surface area contributed by atoms with Crippen LogP contribution in [0.25, 0.3) is 0 Å². The third-order valence-electron chi connectivity index (χ3n) is 3.46. The average Bonchev–Trinajstić information content (AvgIpc) is 3.04. The molecular weight excluding hydrogens is 307 g/mol. The van der Waals surface area contributed by atoms with Crippen LogP contribution in [0.15, 0.2) is 60.9 Å². The molecule has 0 unspecified atom stereocenters. The van der Waals surface area contributed by atoms with Crippen LogP contribution in [0.4, 0.5) is 10.1 Å².